The fourth-order valence-electron chi connectivity index (χ4n) is 9.98. The summed E-state index contributed by atoms with van der Waals surface area (Å²) < 4.78 is 0. The maximum atomic E-state index is 12.8. The molecule has 4 N–H and O–H groups in total. The van der Waals surface area contributed by atoms with Gasteiger partial charge in [-0.3, -0.25) is 4.79 Å². The standard InChI is InChI=1S/C30H46O5/c1-25(2)12-13-30(24(34)35)18(15-25)17-8-9-20-27(5,28(17,6)16-23(30)33)11-10-19-26(3,4)21(31)14-22(32)29(19,20)7/h8-9,19-23,31-33H,10-16H2,1-7H3,(H,34,35)/t19?,20?,21-,22+,23+,27+,28+,29-,30+/m0/s1. The van der Waals surface area contributed by atoms with Crippen LogP contribution < -0.4 is 0 Å². The lowest BCUT2D eigenvalue weighted by atomic mass is 9.34. The molecule has 5 rings (SSSR count). The highest BCUT2D eigenvalue weighted by atomic mass is 16.4. The van der Waals surface area contributed by atoms with E-state index in [-0.39, 0.29) is 33.5 Å². The van der Waals surface area contributed by atoms with Crippen LogP contribution >= 0.6 is 0 Å². The van der Waals surface area contributed by atoms with Gasteiger partial charge in [-0.25, -0.2) is 0 Å². The molecule has 0 aromatic heterocycles. The maximum Gasteiger partial charge on any atom is 0.316 e. The van der Waals surface area contributed by atoms with E-state index in [1.54, 1.807) is 0 Å². The first kappa shape index (κ1) is 25.5. The predicted octanol–water partition coefficient (Wildman–Crippen LogP) is 5.10. The molecule has 0 radical (unpaired) electrons. The van der Waals surface area contributed by atoms with Gasteiger partial charge >= 0.3 is 5.97 Å². The van der Waals surface area contributed by atoms with E-state index in [0.717, 1.165) is 30.4 Å². The van der Waals surface area contributed by atoms with Crippen LogP contribution in [0, 0.1) is 44.3 Å². The number of hydrogen-bond donors (Lipinski definition) is 4. The summed E-state index contributed by atoms with van der Waals surface area (Å²) in [7, 11) is 0. The molecule has 9 atom stereocenters. The van der Waals surface area contributed by atoms with Gasteiger partial charge in [-0.2, -0.15) is 0 Å². The number of aliphatic hydroxyl groups is 3. The summed E-state index contributed by atoms with van der Waals surface area (Å²) >= 11 is 0. The molecule has 3 saturated carbocycles. The van der Waals surface area contributed by atoms with Crippen LogP contribution in [0.5, 0.6) is 0 Å². The Morgan fingerprint density at radius 1 is 0.914 bits per heavy atom. The minimum Gasteiger partial charge on any atom is -0.481 e. The second-order valence-electron chi connectivity index (χ2n) is 14.9. The van der Waals surface area contributed by atoms with Crippen LogP contribution in [-0.2, 0) is 4.79 Å². The van der Waals surface area contributed by atoms with E-state index < -0.39 is 35.1 Å². The van der Waals surface area contributed by atoms with Crippen molar-refractivity contribution in [3.8, 4) is 0 Å². The fourth-order valence-corrected chi connectivity index (χ4v) is 9.98. The molecule has 2 unspecified atom stereocenters. The lowest BCUT2D eigenvalue weighted by molar-refractivity contribution is -0.231. The average Bonchev–Trinajstić information content (AvgIpc) is 2.72. The quantitative estimate of drug-likeness (QED) is 0.414. The zero-order valence-corrected chi connectivity index (χ0v) is 22.7. The minimum absolute atomic E-state index is 0.00574. The Morgan fingerprint density at radius 2 is 1.57 bits per heavy atom. The third-order valence-corrected chi connectivity index (χ3v) is 12.6. The van der Waals surface area contributed by atoms with Gasteiger partial charge in [0.25, 0.3) is 0 Å². The Kier molecular flexibility index (Phi) is 5.26. The third-order valence-electron chi connectivity index (χ3n) is 12.6. The molecule has 35 heavy (non-hydrogen) atoms. The number of aliphatic hydroxyl groups excluding tert-OH is 3. The molecular weight excluding hydrogens is 440 g/mol. The SMILES string of the molecule is CC1(C)CC[C@@]2(C(=O)O)C(=C3C=CC4[C@]5(C)C(CC[C@@]4(C)[C@]3(C)C[C@H]2O)C(C)(C)[C@@H](O)C[C@H]5O)C1. The van der Waals surface area contributed by atoms with E-state index in [9.17, 15) is 25.2 Å². The molecule has 5 aliphatic carbocycles. The summed E-state index contributed by atoms with van der Waals surface area (Å²) in [6.07, 6.45) is 6.99. The number of carbonyl (C=O) groups is 1. The van der Waals surface area contributed by atoms with E-state index in [0.29, 0.717) is 25.7 Å². The molecule has 5 heteroatoms. The van der Waals surface area contributed by atoms with Crippen LogP contribution in [0.1, 0.15) is 93.4 Å². The van der Waals surface area contributed by atoms with Crippen molar-refractivity contribution in [1.29, 1.82) is 0 Å². The first-order chi connectivity index (χ1) is 16.0. The molecule has 0 saturated heterocycles. The summed E-state index contributed by atoms with van der Waals surface area (Å²) in [5.74, 6) is -0.639. The van der Waals surface area contributed by atoms with Gasteiger partial charge in [0, 0.05) is 17.3 Å². The highest BCUT2D eigenvalue weighted by molar-refractivity contribution is 5.81. The van der Waals surface area contributed by atoms with Crippen LogP contribution in [0.4, 0.5) is 0 Å². The number of rotatable bonds is 1. The molecule has 5 nitrogen and oxygen atoms in total. The zero-order valence-electron chi connectivity index (χ0n) is 22.7. The van der Waals surface area contributed by atoms with Crippen molar-refractivity contribution >= 4 is 5.97 Å². The van der Waals surface area contributed by atoms with Gasteiger partial charge in [0.15, 0.2) is 0 Å². The first-order valence-electron chi connectivity index (χ1n) is 13.7. The van der Waals surface area contributed by atoms with Gasteiger partial charge in [0.1, 0.15) is 5.41 Å². The highest BCUT2D eigenvalue weighted by Gasteiger charge is 2.70. The van der Waals surface area contributed by atoms with Crippen LogP contribution in [0.15, 0.2) is 23.3 Å². The smallest absolute Gasteiger partial charge is 0.316 e. The largest absolute Gasteiger partial charge is 0.481 e. The van der Waals surface area contributed by atoms with Gasteiger partial charge in [-0.05, 0) is 77.8 Å². The molecule has 0 amide bonds. The number of hydrogen-bond acceptors (Lipinski definition) is 4. The normalized spacial score (nSPS) is 52.1. The number of carboxylic acids is 1. The molecule has 0 aliphatic heterocycles. The van der Waals surface area contributed by atoms with E-state index in [2.05, 4.69) is 60.6 Å². The molecule has 0 spiro atoms. The number of allylic oxidation sites excluding steroid dienone is 3. The second kappa shape index (κ2) is 7.23. The Bertz CT molecular complexity index is 1010. The molecule has 5 aliphatic rings. The van der Waals surface area contributed by atoms with Crippen molar-refractivity contribution in [1.82, 2.24) is 0 Å². The summed E-state index contributed by atoms with van der Waals surface area (Å²) in [5, 5.41) is 44.5. The third kappa shape index (κ3) is 2.89. The second-order valence-corrected chi connectivity index (χ2v) is 14.9. The van der Waals surface area contributed by atoms with Crippen molar-refractivity contribution < 1.29 is 25.2 Å². The van der Waals surface area contributed by atoms with Gasteiger partial charge in [-0.1, -0.05) is 60.6 Å². The first-order valence-corrected chi connectivity index (χ1v) is 13.7. The summed E-state index contributed by atoms with van der Waals surface area (Å²) in [5.41, 5.74) is -0.453. The lowest BCUT2D eigenvalue weighted by Gasteiger charge is -2.70. The molecule has 3 fully saturated rings. The molecular formula is C30H46O5. The summed E-state index contributed by atoms with van der Waals surface area (Å²) in [4.78, 5) is 12.8. The number of fused-ring (bicyclic) bond motifs is 6. The number of aliphatic carboxylic acids is 1. The Hall–Kier alpha value is -1.17. The van der Waals surface area contributed by atoms with Gasteiger partial charge in [-0.15, -0.1) is 0 Å². The van der Waals surface area contributed by atoms with Crippen LogP contribution in [0.2, 0.25) is 0 Å². The molecule has 0 aromatic carbocycles. The Labute approximate surface area is 210 Å². The van der Waals surface area contributed by atoms with Crippen molar-refractivity contribution in [2.75, 3.05) is 0 Å². The van der Waals surface area contributed by atoms with Crippen LogP contribution in [-0.4, -0.2) is 44.7 Å². The average molecular weight is 487 g/mol. The summed E-state index contributed by atoms with van der Waals surface area (Å²) in [6.45, 7) is 15.5. The Balaban J connectivity index is 1.73. The van der Waals surface area contributed by atoms with Crippen molar-refractivity contribution in [3.05, 3.63) is 23.3 Å². The minimum atomic E-state index is -1.20. The summed E-state index contributed by atoms with van der Waals surface area (Å²) in [6, 6.07) is 0. The topological polar surface area (TPSA) is 98.0 Å². The molecule has 0 heterocycles. The number of carboxylic acid groups (broad SMARTS) is 1. The van der Waals surface area contributed by atoms with E-state index in [4.69, 9.17) is 0 Å². The van der Waals surface area contributed by atoms with Crippen molar-refractivity contribution in [3.63, 3.8) is 0 Å². The Morgan fingerprint density at radius 3 is 2.20 bits per heavy atom. The lowest BCUT2D eigenvalue weighted by Crippen LogP contribution is -2.68. The van der Waals surface area contributed by atoms with E-state index in [1.807, 2.05) is 0 Å². The van der Waals surface area contributed by atoms with Gasteiger partial charge in [0.2, 0.25) is 0 Å². The van der Waals surface area contributed by atoms with Crippen LogP contribution in [0.25, 0.3) is 0 Å². The van der Waals surface area contributed by atoms with Gasteiger partial charge in [0.05, 0.1) is 18.3 Å². The molecule has 196 valence electrons. The predicted molar refractivity (Wildman–Crippen MR) is 135 cm³/mol. The van der Waals surface area contributed by atoms with Crippen molar-refractivity contribution in [2.45, 2.75) is 112 Å². The fraction of sp³-hybridized carbons (Fsp3) is 0.833. The maximum absolute atomic E-state index is 12.8. The van der Waals surface area contributed by atoms with Crippen molar-refractivity contribution in [2.24, 2.45) is 44.3 Å². The van der Waals surface area contributed by atoms with Crippen LogP contribution in [0.3, 0.4) is 0 Å². The van der Waals surface area contributed by atoms with E-state index >= 15 is 0 Å². The zero-order chi connectivity index (χ0) is 26.0. The monoisotopic (exact) mass is 486 g/mol. The van der Waals surface area contributed by atoms with E-state index in [1.165, 1.54) is 0 Å². The molecule has 0 aromatic rings. The van der Waals surface area contributed by atoms with Gasteiger partial charge < -0.3 is 20.4 Å². The molecule has 0 bridgehead atoms. The highest BCUT2D eigenvalue weighted by Crippen LogP contribution is 2.74.